The maximum atomic E-state index is 12.2. The van der Waals surface area contributed by atoms with Crippen LogP contribution in [-0.2, 0) is 4.79 Å². The lowest BCUT2D eigenvalue weighted by molar-refractivity contribution is -0.116. The fourth-order valence-corrected chi connectivity index (χ4v) is 3.51. The molecular weight excluding hydrogens is 314 g/mol. The molecule has 0 aliphatic carbocycles. The molecule has 1 unspecified atom stereocenters. The van der Waals surface area contributed by atoms with Gasteiger partial charge in [0.15, 0.2) is 11.5 Å². The zero-order valence-corrected chi connectivity index (χ0v) is 14.2. The Bertz CT molecular complexity index is 965. The van der Waals surface area contributed by atoms with Crippen molar-refractivity contribution >= 4 is 22.4 Å². The Balaban J connectivity index is 1.86. The van der Waals surface area contributed by atoms with Crippen molar-refractivity contribution in [3.05, 3.63) is 65.7 Å². The molecule has 4 heteroatoms. The Morgan fingerprint density at radius 2 is 1.64 bits per heavy atom. The van der Waals surface area contributed by atoms with Gasteiger partial charge in [-0.05, 0) is 28.0 Å². The van der Waals surface area contributed by atoms with Crippen LogP contribution in [0.3, 0.4) is 0 Å². The summed E-state index contributed by atoms with van der Waals surface area (Å²) in [4.78, 5) is 12.2. The molecule has 3 aromatic rings. The van der Waals surface area contributed by atoms with Gasteiger partial charge < -0.3 is 14.8 Å². The number of nitrogens with one attached hydrogen (secondary N) is 1. The molecule has 1 aliphatic heterocycles. The quantitative estimate of drug-likeness (QED) is 0.776. The number of methoxy groups -OCH3 is 2. The van der Waals surface area contributed by atoms with Crippen LogP contribution in [0.15, 0.2) is 54.6 Å². The minimum absolute atomic E-state index is 0.00633. The highest BCUT2D eigenvalue weighted by Gasteiger charge is 2.28. The first-order chi connectivity index (χ1) is 12.2. The summed E-state index contributed by atoms with van der Waals surface area (Å²) in [5.74, 6) is 1.29. The number of rotatable bonds is 3. The van der Waals surface area contributed by atoms with Crippen molar-refractivity contribution in [2.45, 2.75) is 12.3 Å². The van der Waals surface area contributed by atoms with Gasteiger partial charge in [-0.25, -0.2) is 0 Å². The van der Waals surface area contributed by atoms with Crippen LogP contribution >= 0.6 is 0 Å². The number of anilines is 1. The number of carbonyl (C=O) groups is 1. The molecule has 0 saturated carbocycles. The fourth-order valence-electron chi connectivity index (χ4n) is 3.51. The number of ether oxygens (including phenoxy) is 2. The summed E-state index contributed by atoms with van der Waals surface area (Å²) in [5, 5.41) is 5.32. The van der Waals surface area contributed by atoms with Gasteiger partial charge in [0.2, 0.25) is 5.91 Å². The van der Waals surface area contributed by atoms with E-state index in [1.807, 2.05) is 24.3 Å². The standard InChI is InChI=1S/C21H19NO3/c1-24-19-10-17-16(11-21(23)22-18(17)12-20(19)25-2)15-8-7-13-5-3-4-6-14(13)9-15/h3-10,12,16H,11H2,1-2H3,(H,22,23). The number of hydrogen-bond acceptors (Lipinski definition) is 3. The van der Waals surface area contributed by atoms with Gasteiger partial charge in [0.05, 0.1) is 14.2 Å². The van der Waals surface area contributed by atoms with Crippen LogP contribution in [0.2, 0.25) is 0 Å². The molecule has 0 radical (unpaired) electrons. The zero-order valence-electron chi connectivity index (χ0n) is 14.2. The van der Waals surface area contributed by atoms with E-state index in [9.17, 15) is 4.79 Å². The molecule has 4 nitrogen and oxygen atoms in total. The van der Waals surface area contributed by atoms with Crippen molar-refractivity contribution in [3.8, 4) is 11.5 Å². The molecule has 0 aromatic heterocycles. The molecule has 1 atom stereocenters. The highest BCUT2D eigenvalue weighted by molar-refractivity contribution is 5.96. The summed E-state index contributed by atoms with van der Waals surface area (Å²) < 4.78 is 10.8. The molecule has 3 aromatic carbocycles. The summed E-state index contributed by atoms with van der Waals surface area (Å²) in [6.07, 6.45) is 0.417. The molecule has 126 valence electrons. The number of benzene rings is 3. The van der Waals surface area contributed by atoms with E-state index in [0.29, 0.717) is 17.9 Å². The average Bonchev–Trinajstić information content (AvgIpc) is 2.65. The number of amides is 1. The topological polar surface area (TPSA) is 47.6 Å². The predicted octanol–water partition coefficient (Wildman–Crippen LogP) is 4.33. The van der Waals surface area contributed by atoms with Gasteiger partial charge in [0, 0.05) is 24.1 Å². The van der Waals surface area contributed by atoms with E-state index >= 15 is 0 Å². The first kappa shape index (κ1) is 15.5. The maximum absolute atomic E-state index is 12.2. The third-order valence-corrected chi connectivity index (χ3v) is 4.77. The van der Waals surface area contributed by atoms with Crippen LogP contribution in [0.1, 0.15) is 23.5 Å². The Labute approximate surface area is 146 Å². The van der Waals surface area contributed by atoms with Crippen LogP contribution in [0.4, 0.5) is 5.69 Å². The van der Waals surface area contributed by atoms with Gasteiger partial charge in [-0.15, -0.1) is 0 Å². The first-order valence-corrected chi connectivity index (χ1v) is 8.24. The van der Waals surface area contributed by atoms with Gasteiger partial charge >= 0.3 is 0 Å². The molecule has 1 N–H and O–H groups in total. The van der Waals surface area contributed by atoms with E-state index in [1.54, 1.807) is 14.2 Å². The summed E-state index contributed by atoms with van der Waals surface area (Å²) >= 11 is 0. The molecule has 4 rings (SSSR count). The van der Waals surface area contributed by atoms with E-state index in [0.717, 1.165) is 16.8 Å². The third-order valence-electron chi connectivity index (χ3n) is 4.77. The SMILES string of the molecule is COc1cc2c(cc1OC)C(c1ccc3ccccc3c1)CC(=O)N2. The maximum Gasteiger partial charge on any atom is 0.225 e. The highest BCUT2D eigenvalue weighted by atomic mass is 16.5. The summed E-state index contributed by atoms with van der Waals surface area (Å²) in [6, 6.07) is 18.4. The first-order valence-electron chi connectivity index (χ1n) is 8.24. The Morgan fingerprint density at radius 3 is 2.40 bits per heavy atom. The number of fused-ring (bicyclic) bond motifs is 2. The smallest absolute Gasteiger partial charge is 0.225 e. The van der Waals surface area contributed by atoms with E-state index < -0.39 is 0 Å². The second-order valence-corrected chi connectivity index (χ2v) is 6.21. The van der Waals surface area contributed by atoms with Gasteiger partial charge in [-0.3, -0.25) is 4.79 Å². The lowest BCUT2D eigenvalue weighted by Gasteiger charge is -2.27. The minimum Gasteiger partial charge on any atom is -0.493 e. The Kier molecular flexibility index (Phi) is 3.80. The van der Waals surface area contributed by atoms with Gasteiger partial charge in [-0.1, -0.05) is 42.5 Å². The monoisotopic (exact) mass is 333 g/mol. The average molecular weight is 333 g/mol. The Hall–Kier alpha value is -3.01. The zero-order chi connectivity index (χ0) is 17.4. The molecular formula is C21H19NO3. The van der Waals surface area contributed by atoms with Crippen molar-refractivity contribution in [1.82, 2.24) is 0 Å². The van der Waals surface area contributed by atoms with Crippen molar-refractivity contribution < 1.29 is 14.3 Å². The number of hydrogen-bond donors (Lipinski definition) is 1. The van der Waals surface area contributed by atoms with Gasteiger partial charge in [0.1, 0.15) is 0 Å². The Morgan fingerprint density at radius 1 is 0.920 bits per heavy atom. The molecule has 0 bridgehead atoms. The molecule has 1 amide bonds. The molecule has 0 spiro atoms. The lowest BCUT2D eigenvalue weighted by atomic mass is 9.84. The third kappa shape index (κ3) is 2.70. The summed E-state index contributed by atoms with van der Waals surface area (Å²) in [6.45, 7) is 0. The van der Waals surface area contributed by atoms with Crippen molar-refractivity contribution in [2.75, 3.05) is 19.5 Å². The van der Waals surface area contributed by atoms with Crippen molar-refractivity contribution in [3.63, 3.8) is 0 Å². The molecule has 1 aliphatic rings. The molecule has 0 fully saturated rings. The molecule has 1 heterocycles. The summed E-state index contributed by atoms with van der Waals surface area (Å²) in [7, 11) is 3.21. The van der Waals surface area contributed by atoms with Crippen molar-refractivity contribution in [2.24, 2.45) is 0 Å². The number of carbonyl (C=O) groups excluding carboxylic acids is 1. The van der Waals surface area contributed by atoms with Crippen LogP contribution in [0.25, 0.3) is 10.8 Å². The minimum atomic E-state index is -0.00633. The van der Waals surface area contributed by atoms with Crippen molar-refractivity contribution in [1.29, 1.82) is 0 Å². The van der Waals surface area contributed by atoms with Crippen LogP contribution < -0.4 is 14.8 Å². The molecule has 0 saturated heterocycles. The van der Waals surface area contributed by atoms with E-state index in [2.05, 4.69) is 35.6 Å². The van der Waals surface area contributed by atoms with Crippen LogP contribution in [0.5, 0.6) is 11.5 Å². The second-order valence-electron chi connectivity index (χ2n) is 6.21. The highest BCUT2D eigenvalue weighted by Crippen LogP contribution is 2.43. The second kappa shape index (κ2) is 6.13. The van der Waals surface area contributed by atoms with E-state index in [1.165, 1.54) is 10.8 Å². The van der Waals surface area contributed by atoms with Crippen LogP contribution in [0, 0.1) is 0 Å². The van der Waals surface area contributed by atoms with Crippen LogP contribution in [-0.4, -0.2) is 20.1 Å². The summed E-state index contributed by atoms with van der Waals surface area (Å²) in [5.41, 5.74) is 2.96. The van der Waals surface area contributed by atoms with Gasteiger partial charge in [-0.2, -0.15) is 0 Å². The normalized spacial score (nSPS) is 16.2. The lowest BCUT2D eigenvalue weighted by Crippen LogP contribution is -2.23. The van der Waals surface area contributed by atoms with Gasteiger partial charge in [0.25, 0.3) is 0 Å². The predicted molar refractivity (Wildman–Crippen MR) is 98.6 cm³/mol. The van der Waals surface area contributed by atoms with E-state index in [-0.39, 0.29) is 11.8 Å². The molecule has 25 heavy (non-hydrogen) atoms. The van der Waals surface area contributed by atoms with E-state index in [4.69, 9.17) is 9.47 Å². The largest absolute Gasteiger partial charge is 0.493 e. The fraction of sp³-hybridized carbons (Fsp3) is 0.190.